The smallest absolute Gasteiger partial charge is 0.271 e. The van der Waals surface area contributed by atoms with E-state index in [2.05, 4.69) is 15.8 Å². The van der Waals surface area contributed by atoms with Crippen molar-refractivity contribution in [2.24, 2.45) is 5.10 Å². The van der Waals surface area contributed by atoms with E-state index in [1.165, 1.54) is 30.5 Å². The van der Waals surface area contributed by atoms with Crippen LogP contribution in [0.3, 0.4) is 0 Å². The molecule has 0 bridgehead atoms. The van der Waals surface area contributed by atoms with Crippen molar-refractivity contribution in [3.63, 3.8) is 0 Å². The Morgan fingerprint density at radius 1 is 1.11 bits per heavy atom. The molecule has 186 valence electrons. The molecule has 0 radical (unpaired) electrons. The van der Waals surface area contributed by atoms with Crippen molar-refractivity contribution in [3.05, 3.63) is 92.5 Å². The van der Waals surface area contributed by atoms with Gasteiger partial charge in [0.1, 0.15) is 0 Å². The first-order valence-corrected chi connectivity index (χ1v) is 11.2. The van der Waals surface area contributed by atoms with Gasteiger partial charge in [-0.25, -0.2) is 5.43 Å². The van der Waals surface area contributed by atoms with E-state index in [0.29, 0.717) is 23.6 Å². The van der Waals surface area contributed by atoms with E-state index in [1.54, 1.807) is 25.1 Å². The molecule has 0 aromatic heterocycles. The zero-order chi connectivity index (χ0) is 26.1. The van der Waals surface area contributed by atoms with E-state index in [9.17, 15) is 19.7 Å². The SMILES string of the molecule is CCOc1cc(/C=N/NC(=O)c2cccc([N+](=O)[O-])c2)cc(Cl)c1OCC(=O)Nc1ccc(C)cc1. The molecule has 11 heteroatoms. The Morgan fingerprint density at radius 3 is 2.56 bits per heavy atom. The number of nitro benzene ring substituents is 1. The highest BCUT2D eigenvalue weighted by atomic mass is 35.5. The number of hydrogen-bond donors (Lipinski definition) is 2. The number of hydrogen-bond acceptors (Lipinski definition) is 7. The second-order valence-corrected chi connectivity index (χ2v) is 7.88. The lowest BCUT2D eigenvalue weighted by atomic mass is 10.2. The summed E-state index contributed by atoms with van der Waals surface area (Å²) in [5, 5.41) is 17.7. The van der Waals surface area contributed by atoms with Crippen molar-refractivity contribution in [2.75, 3.05) is 18.5 Å². The van der Waals surface area contributed by atoms with E-state index in [0.717, 1.165) is 11.6 Å². The number of carbonyl (C=O) groups is 2. The summed E-state index contributed by atoms with van der Waals surface area (Å²) in [5.41, 5.74) is 4.39. The number of hydrazone groups is 1. The van der Waals surface area contributed by atoms with Crippen LogP contribution in [0.4, 0.5) is 11.4 Å². The molecule has 0 heterocycles. The van der Waals surface area contributed by atoms with Gasteiger partial charge in [-0.05, 0) is 49.7 Å². The maximum absolute atomic E-state index is 12.3. The van der Waals surface area contributed by atoms with Gasteiger partial charge in [0.05, 0.1) is 22.8 Å². The topological polar surface area (TPSA) is 132 Å². The van der Waals surface area contributed by atoms with E-state index in [-0.39, 0.29) is 34.5 Å². The van der Waals surface area contributed by atoms with E-state index in [4.69, 9.17) is 21.1 Å². The highest BCUT2D eigenvalue weighted by Crippen LogP contribution is 2.36. The molecule has 2 amide bonds. The molecular weight excluding hydrogens is 488 g/mol. The maximum atomic E-state index is 12.3. The molecule has 10 nitrogen and oxygen atoms in total. The Balaban J connectivity index is 1.66. The molecule has 0 saturated heterocycles. The van der Waals surface area contributed by atoms with Crippen molar-refractivity contribution in [3.8, 4) is 11.5 Å². The van der Waals surface area contributed by atoms with Crippen LogP contribution < -0.4 is 20.2 Å². The second-order valence-electron chi connectivity index (χ2n) is 7.47. The van der Waals surface area contributed by atoms with Crippen LogP contribution >= 0.6 is 11.6 Å². The first kappa shape index (κ1) is 26.2. The van der Waals surface area contributed by atoms with Gasteiger partial charge < -0.3 is 14.8 Å². The number of rotatable bonds is 10. The van der Waals surface area contributed by atoms with Gasteiger partial charge in [-0.2, -0.15) is 5.10 Å². The number of nitrogens with zero attached hydrogens (tertiary/aromatic N) is 2. The lowest BCUT2D eigenvalue weighted by Gasteiger charge is -2.14. The van der Waals surface area contributed by atoms with Gasteiger partial charge in [0.15, 0.2) is 18.1 Å². The number of amides is 2. The summed E-state index contributed by atoms with van der Waals surface area (Å²) in [6.07, 6.45) is 1.33. The Morgan fingerprint density at radius 2 is 1.86 bits per heavy atom. The predicted octanol–water partition coefficient (Wildman–Crippen LogP) is 4.74. The first-order valence-electron chi connectivity index (χ1n) is 10.8. The number of nitro groups is 1. The number of nitrogens with one attached hydrogen (secondary N) is 2. The highest BCUT2D eigenvalue weighted by Gasteiger charge is 2.15. The first-order chi connectivity index (χ1) is 17.3. The van der Waals surface area contributed by atoms with Crippen LogP contribution in [0.2, 0.25) is 5.02 Å². The average molecular weight is 511 g/mol. The Bertz CT molecular complexity index is 1290. The third-order valence-electron chi connectivity index (χ3n) is 4.71. The van der Waals surface area contributed by atoms with Crippen molar-refractivity contribution < 1.29 is 24.0 Å². The molecule has 0 aliphatic heterocycles. The van der Waals surface area contributed by atoms with Crippen molar-refractivity contribution in [2.45, 2.75) is 13.8 Å². The summed E-state index contributed by atoms with van der Waals surface area (Å²) in [6, 6.07) is 15.7. The molecule has 0 aliphatic rings. The number of carbonyl (C=O) groups excluding carboxylic acids is 2. The summed E-state index contributed by atoms with van der Waals surface area (Å²) in [4.78, 5) is 34.8. The van der Waals surface area contributed by atoms with Crippen LogP contribution in [0.15, 0.2) is 65.8 Å². The number of anilines is 1. The van der Waals surface area contributed by atoms with E-state index >= 15 is 0 Å². The largest absolute Gasteiger partial charge is 0.490 e. The van der Waals surface area contributed by atoms with E-state index < -0.39 is 10.8 Å². The minimum Gasteiger partial charge on any atom is -0.490 e. The summed E-state index contributed by atoms with van der Waals surface area (Å²) in [5.74, 6) is -0.507. The number of aryl methyl sites for hydroxylation is 1. The Labute approximate surface area is 212 Å². The second kappa shape index (κ2) is 12.3. The van der Waals surface area contributed by atoms with Gasteiger partial charge in [-0.3, -0.25) is 19.7 Å². The summed E-state index contributed by atoms with van der Waals surface area (Å²) >= 11 is 6.37. The van der Waals surface area contributed by atoms with Crippen molar-refractivity contribution in [1.82, 2.24) is 5.43 Å². The minimum absolute atomic E-state index is 0.0852. The summed E-state index contributed by atoms with van der Waals surface area (Å²) in [7, 11) is 0. The molecule has 0 aliphatic carbocycles. The quantitative estimate of drug-likeness (QED) is 0.230. The molecule has 3 aromatic carbocycles. The Kier molecular flexibility index (Phi) is 8.95. The summed E-state index contributed by atoms with van der Waals surface area (Å²) < 4.78 is 11.2. The van der Waals surface area contributed by atoms with Gasteiger partial charge in [-0.1, -0.05) is 35.4 Å². The summed E-state index contributed by atoms with van der Waals surface area (Å²) in [6.45, 7) is 3.75. The molecule has 0 atom stereocenters. The lowest BCUT2D eigenvalue weighted by Crippen LogP contribution is -2.20. The Hall–Kier alpha value is -4.44. The van der Waals surface area contributed by atoms with Gasteiger partial charge in [0.25, 0.3) is 17.5 Å². The van der Waals surface area contributed by atoms with Gasteiger partial charge in [-0.15, -0.1) is 0 Å². The van der Waals surface area contributed by atoms with Crippen LogP contribution in [0.5, 0.6) is 11.5 Å². The van der Waals surface area contributed by atoms with Crippen molar-refractivity contribution >= 4 is 41.0 Å². The number of non-ortho nitro benzene ring substituents is 1. The molecular formula is C25H23ClN4O6. The number of benzene rings is 3. The fourth-order valence-corrected chi connectivity index (χ4v) is 3.30. The molecule has 0 unspecified atom stereocenters. The molecule has 0 fully saturated rings. The van der Waals surface area contributed by atoms with Crippen LogP contribution in [0.25, 0.3) is 0 Å². The van der Waals surface area contributed by atoms with Gasteiger partial charge in [0, 0.05) is 23.4 Å². The molecule has 3 aromatic rings. The highest BCUT2D eigenvalue weighted by molar-refractivity contribution is 6.32. The van der Waals surface area contributed by atoms with Crippen LogP contribution in [-0.2, 0) is 4.79 Å². The minimum atomic E-state index is -0.620. The average Bonchev–Trinajstić information content (AvgIpc) is 2.85. The molecule has 0 saturated carbocycles. The number of ether oxygens (including phenoxy) is 2. The zero-order valence-electron chi connectivity index (χ0n) is 19.5. The third-order valence-corrected chi connectivity index (χ3v) is 4.99. The van der Waals surface area contributed by atoms with E-state index in [1.807, 2.05) is 19.1 Å². The molecule has 2 N–H and O–H groups in total. The molecule has 0 spiro atoms. The van der Waals surface area contributed by atoms with Gasteiger partial charge in [0.2, 0.25) is 0 Å². The van der Waals surface area contributed by atoms with Crippen LogP contribution in [0, 0.1) is 17.0 Å². The zero-order valence-corrected chi connectivity index (χ0v) is 20.2. The number of halogens is 1. The normalized spacial score (nSPS) is 10.6. The molecule has 3 rings (SSSR count). The standard InChI is InChI=1S/C25H23ClN4O6/c1-3-35-22-12-17(14-27-29-25(32)18-5-4-6-20(13-18)30(33)34)11-21(26)24(22)36-15-23(31)28-19-9-7-16(2)8-10-19/h4-14H,3,15H2,1-2H3,(H,28,31)(H,29,32)/b27-14+. The fraction of sp³-hybridized carbons (Fsp3) is 0.160. The maximum Gasteiger partial charge on any atom is 0.271 e. The predicted molar refractivity (Wildman–Crippen MR) is 136 cm³/mol. The van der Waals surface area contributed by atoms with Crippen LogP contribution in [0.1, 0.15) is 28.4 Å². The third kappa shape index (κ3) is 7.28. The van der Waals surface area contributed by atoms with Crippen molar-refractivity contribution in [1.29, 1.82) is 0 Å². The van der Waals surface area contributed by atoms with Gasteiger partial charge >= 0.3 is 0 Å². The lowest BCUT2D eigenvalue weighted by molar-refractivity contribution is -0.384. The fourth-order valence-electron chi connectivity index (χ4n) is 3.03. The molecule has 36 heavy (non-hydrogen) atoms. The van der Waals surface area contributed by atoms with Crippen LogP contribution in [-0.4, -0.2) is 36.2 Å². The monoisotopic (exact) mass is 510 g/mol.